The van der Waals surface area contributed by atoms with Gasteiger partial charge in [0.05, 0.1) is 17.5 Å². The number of alkyl halides is 1. The Morgan fingerprint density at radius 1 is 1.38 bits per heavy atom. The van der Waals surface area contributed by atoms with Gasteiger partial charge in [-0.25, -0.2) is 4.79 Å². The molecule has 0 bridgehead atoms. The van der Waals surface area contributed by atoms with Crippen molar-refractivity contribution >= 4 is 43.6 Å². The van der Waals surface area contributed by atoms with Gasteiger partial charge in [0.15, 0.2) is 0 Å². The van der Waals surface area contributed by atoms with Crippen LogP contribution in [0.25, 0.3) is 0 Å². The topological polar surface area (TPSA) is 43.4 Å². The van der Waals surface area contributed by atoms with Crippen LogP contribution in [0, 0.1) is 0 Å². The monoisotopic (exact) mass is 348 g/mol. The second-order valence-corrected chi connectivity index (χ2v) is 4.97. The summed E-state index contributed by atoms with van der Waals surface area (Å²) in [6.07, 6.45) is 0. The van der Waals surface area contributed by atoms with E-state index in [9.17, 15) is 9.59 Å². The van der Waals surface area contributed by atoms with Crippen LogP contribution in [0.1, 0.15) is 27.7 Å². The lowest BCUT2D eigenvalue weighted by atomic mass is 10.1. The molecule has 0 aliphatic carbocycles. The Balaban J connectivity index is 3.08. The maximum atomic E-state index is 11.3. The molecule has 0 spiro atoms. The van der Waals surface area contributed by atoms with E-state index in [4.69, 9.17) is 0 Å². The summed E-state index contributed by atoms with van der Waals surface area (Å²) >= 11 is 6.55. The molecule has 0 aliphatic heterocycles. The molecular formula is C11H10Br2O3. The number of hydrogen-bond acceptors (Lipinski definition) is 3. The first-order valence-electron chi connectivity index (χ1n) is 4.49. The molecule has 1 unspecified atom stereocenters. The van der Waals surface area contributed by atoms with Crippen molar-refractivity contribution in [3.63, 3.8) is 0 Å². The molecule has 1 atom stereocenters. The van der Waals surface area contributed by atoms with Gasteiger partial charge in [0.1, 0.15) is 5.78 Å². The number of halogens is 2. The van der Waals surface area contributed by atoms with Gasteiger partial charge in [-0.15, -0.1) is 0 Å². The minimum atomic E-state index is -0.410. The van der Waals surface area contributed by atoms with Gasteiger partial charge in [-0.2, -0.15) is 0 Å². The van der Waals surface area contributed by atoms with Crippen LogP contribution in [0.3, 0.4) is 0 Å². The average molecular weight is 350 g/mol. The van der Waals surface area contributed by atoms with Gasteiger partial charge in [0.25, 0.3) is 0 Å². The van der Waals surface area contributed by atoms with Gasteiger partial charge in [-0.05, 0) is 40.5 Å². The number of carbonyl (C=O) groups excluding carboxylic acids is 2. The summed E-state index contributed by atoms with van der Waals surface area (Å²) in [4.78, 5) is 22.1. The quantitative estimate of drug-likeness (QED) is 0.621. The molecule has 0 aromatic heterocycles. The summed E-state index contributed by atoms with van der Waals surface area (Å²) in [7, 11) is 1.32. The second kappa shape index (κ2) is 5.59. The van der Waals surface area contributed by atoms with Crippen molar-refractivity contribution in [1.29, 1.82) is 0 Å². The Kier molecular flexibility index (Phi) is 4.68. The molecule has 1 aromatic carbocycles. The molecule has 0 saturated heterocycles. The molecule has 16 heavy (non-hydrogen) atoms. The van der Waals surface area contributed by atoms with E-state index >= 15 is 0 Å². The fourth-order valence-electron chi connectivity index (χ4n) is 1.20. The molecule has 1 aromatic rings. The van der Waals surface area contributed by atoms with Crippen LogP contribution in [-0.4, -0.2) is 18.9 Å². The molecule has 3 nitrogen and oxygen atoms in total. The number of Topliss-reactive ketones (excluding diaryl/α,β-unsaturated/α-hetero) is 1. The summed E-state index contributed by atoms with van der Waals surface area (Å²) in [5.74, 6) is -0.398. The smallest absolute Gasteiger partial charge is 0.338 e. The molecule has 1 rings (SSSR count). The largest absolute Gasteiger partial charge is 0.465 e. The van der Waals surface area contributed by atoms with Crippen LogP contribution in [0.2, 0.25) is 0 Å². The SMILES string of the molecule is COC(=O)c1ccc(C(Br)C(C)=O)cc1Br. The molecule has 0 amide bonds. The van der Waals surface area contributed by atoms with Crippen LogP contribution in [-0.2, 0) is 9.53 Å². The third kappa shape index (κ3) is 2.92. The number of methoxy groups -OCH3 is 1. The Bertz CT molecular complexity index is 429. The zero-order valence-electron chi connectivity index (χ0n) is 8.79. The molecule has 0 fully saturated rings. The Morgan fingerprint density at radius 2 is 2.00 bits per heavy atom. The molecule has 0 radical (unpaired) electrons. The first-order valence-corrected chi connectivity index (χ1v) is 6.20. The zero-order valence-corrected chi connectivity index (χ0v) is 12.0. The summed E-state index contributed by atoms with van der Waals surface area (Å²) in [5.41, 5.74) is 1.24. The summed E-state index contributed by atoms with van der Waals surface area (Å²) in [6.45, 7) is 1.50. The Labute approximate surface area is 110 Å². The standard InChI is InChI=1S/C11H10Br2O3/c1-6(14)10(13)7-3-4-8(9(12)5-7)11(15)16-2/h3-5,10H,1-2H3. The van der Waals surface area contributed by atoms with Gasteiger partial charge in [0, 0.05) is 4.47 Å². The highest BCUT2D eigenvalue weighted by molar-refractivity contribution is 9.10. The van der Waals surface area contributed by atoms with Crippen molar-refractivity contribution in [1.82, 2.24) is 0 Å². The minimum Gasteiger partial charge on any atom is -0.465 e. The summed E-state index contributed by atoms with van der Waals surface area (Å²) < 4.78 is 5.23. The normalized spacial score (nSPS) is 12.0. The maximum absolute atomic E-state index is 11.3. The molecule has 86 valence electrons. The highest BCUT2D eigenvalue weighted by Crippen LogP contribution is 2.28. The van der Waals surface area contributed by atoms with E-state index in [1.165, 1.54) is 14.0 Å². The average Bonchev–Trinajstić information content (AvgIpc) is 2.26. The van der Waals surface area contributed by atoms with E-state index in [-0.39, 0.29) is 10.6 Å². The van der Waals surface area contributed by atoms with Crippen molar-refractivity contribution in [2.75, 3.05) is 7.11 Å². The number of ether oxygens (including phenoxy) is 1. The van der Waals surface area contributed by atoms with Crippen molar-refractivity contribution in [2.24, 2.45) is 0 Å². The van der Waals surface area contributed by atoms with Gasteiger partial charge in [0.2, 0.25) is 0 Å². The Hall–Kier alpha value is -0.680. The lowest BCUT2D eigenvalue weighted by Crippen LogP contribution is -2.05. The van der Waals surface area contributed by atoms with Gasteiger partial charge in [-0.3, -0.25) is 4.79 Å². The number of rotatable bonds is 3. The molecule has 5 heteroatoms. The zero-order chi connectivity index (χ0) is 12.3. The van der Waals surface area contributed by atoms with Gasteiger partial charge in [-0.1, -0.05) is 22.0 Å². The van der Waals surface area contributed by atoms with Crippen LogP contribution in [0.5, 0.6) is 0 Å². The third-order valence-corrected chi connectivity index (χ3v) is 3.88. The van der Waals surface area contributed by atoms with E-state index in [0.717, 1.165) is 5.56 Å². The van der Waals surface area contributed by atoms with Gasteiger partial charge >= 0.3 is 5.97 Å². The first-order chi connectivity index (χ1) is 7.47. The van der Waals surface area contributed by atoms with Crippen molar-refractivity contribution in [3.8, 4) is 0 Å². The number of esters is 1. The molecule has 0 heterocycles. The Morgan fingerprint density at radius 3 is 2.44 bits per heavy atom. The maximum Gasteiger partial charge on any atom is 0.338 e. The molecule has 0 saturated carbocycles. The third-order valence-electron chi connectivity index (χ3n) is 2.05. The van der Waals surface area contributed by atoms with E-state index < -0.39 is 5.97 Å². The highest BCUT2D eigenvalue weighted by Gasteiger charge is 2.16. The highest BCUT2D eigenvalue weighted by atomic mass is 79.9. The van der Waals surface area contributed by atoms with Crippen LogP contribution >= 0.6 is 31.9 Å². The van der Waals surface area contributed by atoms with Gasteiger partial charge < -0.3 is 4.74 Å². The number of ketones is 1. The number of hydrogen-bond donors (Lipinski definition) is 0. The second-order valence-electron chi connectivity index (χ2n) is 3.20. The molecule has 0 aliphatic rings. The van der Waals surface area contributed by atoms with Crippen molar-refractivity contribution in [2.45, 2.75) is 11.8 Å². The van der Waals surface area contributed by atoms with Crippen LogP contribution in [0.15, 0.2) is 22.7 Å². The van der Waals surface area contributed by atoms with E-state index in [0.29, 0.717) is 10.0 Å². The predicted octanol–water partition coefficient (Wildman–Crippen LogP) is 3.26. The fourth-order valence-corrected chi connectivity index (χ4v) is 2.04. The predicted molar refractivity (Wildman–Crippen MR) is 67.8 cm³/mol. The van der Waals surface area contributed by atoms with Crippen molar-refractivity contribution < 1.29 is 14.3 Å². The number of benzene rings is 1. The lowest BCUT2D eigenvalue weighted by Gasteiger charge is -2.09. The minimum absolute atomic E-state index is 0.0118. The first kappa shape index (κ1) is 13.4. The number of carbonyl (C=O) groups is 2. The van der Waals surface area contributed by atoms with Crippen LogP contribution < -0.4 is 0 Å². The lowest BCUT2D eigenvalue weighted by molar-refractivity contribution is -0.116. The van der Waals surface area contributed by atoms with E-state index in [1.807, 2.05) is 0 Å². The fraction of sp³-hybridized carbons (Fsp3) is 0.273. The van der Waals surface area contributed by atoms with Crippen LogP contribution in [0.4, 0.5) is 0 Å². The molecule has 0 N–H and O–H groups in total. The summed E-state index contributed by atoms with van der Waals surface area (Å²) in [5, 5.41) is 0. The molecular weight excluding hydrogens is 340 g/mol. The summed E-state index contributed by atoms with van der Waals surface area (Å²) in [6, 6.07) is 5.08. The van der Waals surface area contributed by atoms with E-state index in [1.54, 1.807) is 18.2 Å². The van der Waals surface area contributed by atoms with Crippen molar-refractivity contribution in [3.05, 3.63) is 33.8 Å². The van der Waals surface area contributed by atoms with E-state index in [2.05, 4.69) is 36.6 Å².